The topological polar surface area (TPSA) is 52.6 Å². The molecule has 0 heterocycles. The summed E-state index contributed by atoms with van der Waals surface area (Å²) in [4.78, 5) is -0.720. The summed E-state index contributed by atoms with van der Waals surface area (Å²) in [6, 6.07) is 2.15. The molecule has 0 unspecified atom stereocenters. The molecule has 8 heteroatoms. The van der Waals surface area contributed by atoms with Crippen molar-refractivity contribution in [3.8, 4) is 5.75 Å². The lowest BCUT2D eigenvalue weighted by atomic mass is 10.3. The number of methoxy groups -OCH3 is 1. The molecule has 0 amide bonds. The standard InChI is InChI=1S/C8H7Cl2FO4S/c1-14-4-15-8-6(10)2-5(9)3-7(8)16(11,12)13/h2-3H,4H2,1H3. The maximum atomic E-state index is 12.9. The molecule has 1 aromatic rings. The third-order valence-corrected chi connectivity index (χ3v) is 2.89. The SMILES string of the molecule is COCOc1c(Cl)cc(Cl)cc1S(=O)(=O)F. The van der Waals surface area contributed by atoms with Crippen molar-refractivity contribution >= 4 is 33.4 Å². The summed E-state index contributed by atoms with van der Waals surface area (Å²) in [5.74, 6) is -0.324. The highest BCUT2D eigenvalue weighted by molar-refractivity contribution is 7.86. The summed E-state index contributed by atoms with van der Waals surface area (Å²) in [6.07, 6.45) is 0. The Bertz CT molecular complexity index is 489. The summed E-state index contributed by atoms with van der Waals surface area (Å²) in [6.45, 7) is -0.260. The summed E-state index contributed by atoms with van der Waals surface area (Å²) >= 11 is 11.2. The zero-order valence-electron chi connectivity index (χ0n) is 8.04. The van der Waals surface area contributed by atoms with Gasteiger partial charge in [-0.25, -0.2) is 0 Å². The van der Waals surface area contributed by atoms with Crippen LogP contribution < -0.4 is 4.74 Å². The third kappa shape index (κ3) is 3.21. The molecule has 0 spiro atoms. The first-order valence-corrected chi connectivity index (χ1v) is 6.05. The fourth-order valence-corrected chi connectivity index (χ4v) is 2.30. The second kappa shape index (κ2) is 5.18. The molecule has 0 saturated heterocycles. The average molecular weight is 289 g/mol. The smallest absolute Gasteiger partial charge is 0.335 e. The molecule has 0 aliphatic rings. The Hall–Kier alpha value is -0.560. The molecule has 0 fully saturated rings. The Labute approximate surface area is 102 Å². The second-order valence-corrected chi connectivity index (χ2v) is 4.86. The minimum absolute atomic E-state index is 0.00834. The van der Waals surface area contributed by atoms with E-state index < -0.39 is 15.1 Å². The van der Waals surface area contributed by atoms with Gasteiger partial charge in [0.05, 0.1) is 5.02 Å². The van der Waals surface area contributed by atoms with Gasteiger partial charge in [0.2, 0.25) is 0 Å². The van der Waals surface area contributed by atoms with E-state index in [1.54, 1.807) is 0 Å². The molecule has 0 atom stereocenters. The summed E-state index contributed by atoms with van der Waals surface area (Å²) in [5, 5.41) is -0.119. The molecule has 1 aromatic carbocycles. The van der Waals surface area contributed by atoms with Crippen molar-refractivity contribution in [2.24, 2.45) is 0 Å². The molecule has 16 heavy (non-hydrogen) atoms. The van der Waals surface area contributed by atoms with Crippen molar-refractivity contribution in [1.29, 1.82) is 0 Å². The van der Waals surface area contributed by atoms with Crippen LogP contribution in [0.15, 0.2) is 17.0 Å². The van der Waals surface area contributed by atoms with Crippen LogP contribution in [0.25, 0.3) is 0 Å². The van der Waals surface area contributed by atoms with E-state index in [0.29, 0.717) is 0 Å². The molecule has 0 aromatic heterocycles. The number of ether oxygens (including phenoxy) is 2. The molecular formula is C8H7Cl2FO4S. The van der Waals surface area contributed by atoms with Gasteiger partial charge < -0.3 is 9.47 Å². The van der Waals surface area contributed by atoms with Crippen LogP contribution in [0.2, 0.25) is 10.0 Å². The Kier molecular flexibility index (Phi) is 4.37. The van der Waals surface area contributed by atoms with Crippen LogP contribution in [0.5, 0.6) is 5.75 Å². The average Bonchev–Trinajstić information content (AvgIpc) is 2.14. The minimum atomic E-state index is -4.96. The highest BCUT2D eigenvalue weighted by Gasteiger charge is 2.22. The van der Waals surface area contributed by atoms with Gasteiger partial charge in [-0.3, -0.25) is 0 Å². The van der Waals surface area contributed by atoms with E-state index in [1.807, 2.05) is 0 Å². The number of benzene rings is 1. The highest BCUT2D eigenvalue weighted by atomic mass is 35.5. The van der Waals surface area contributed by atoms with Crippen LogP contribution in [0.1, 0.15) is 0 Å². The van der Waals surface area contributed by atoms with E-state index >= 15 is 0 Å². The van der Waals surface area contributed by atoms with Gasteiger partial charge in [-0.2, -0.15) is 8.42 Å². The van der Waals surface area contributed by atoms with Gasteiger partial charge in [-0.05, 0) is 12.1 Å². The minimum Gasteiger partial charge on any atom is -0.465 e. The van der Waals surface area contributed by atoms with Gasteiger partial charge in [-0.1, -0.05) is 23.2 Å². The molecule has 1 rings (SSSR count). The largest absolute Gasteiger partial charge is 0.465 e. The zero-order chi connectivity index (χ0) is 12.3. The summed E-state index contributed by atoms with van der Waals surface area (Å²) in [5.41, 5.74) is 0. The van der Waals surface area contributed by atoms with Gasteiger partial charge in [0, 0.05) is 12.1 Å². The Morgan fingerprint density at radius 3 is 2.50 bits per heavy atom. The van der Waals surface area contributed by atoms with Crippen molar-refractivity contribution < 1.29 is 21.8 Å². The monoisotopic (exact) mass is 288 g/mol. The van der Waals surface area contributed by atoms with E-state index in [2.05, 4.69) is 4.74 Å². The molecule has 0 aliphatic carbocycles. The van der Waals surface area contributed by atoms with Crippen LogP contribution >= 0.6 is 23.2 Å². The number of rotatable bonds is 4. The number of halogens is 3. The number of hydrogen-bond donors (Lipinski definition) is 0. The first kappa shape index (κ1) is 13.5. The molecular weight excluding hydrogens is 282 g/mol. The quantitative estimate of drug-likeness (QED) is 0.631. The van der Waals surface area contributed by atoms with Gasteiger partial charge in [0.15, 0.2) is 12.5 Å². The van der Waals surface area contributed by atoms with Crippen molar-refractivity contribution in [3.63, 3.8) is 0 Å². The predicted molar refractivity (Wildman–Crippen MR) is 57.3 cm³/mol. The maximum Gasteiger partial charge on any atom is 0.335 e. The fourth-order valence-electron chi connectivity index (χ4n) is 0.976. The van der Waals surface area contributed by atoms with E-state index in [0.717, 1.165) is 6.07 Å². The summed E-state index contributed by atoms with van der Waals surface area (Å²) in [7, 11) is -3.63. The van der Waals surface area contributed by atoms with Crippen LogP contribution in [-0.4, -0.2) is 22.3 Å². The van der Waals surface area contributed by atoms with Crippen LogP contribution in [0, 0.1) is 0 Å². The Balaban J connectivity index is 3.33. The molecule has 90 valence electrons. The summed E-state index contributed by atoms with van der Waals surface area (Å²) < 4.78 is 44.0. The van der Waals surface area contributed by atoms with Crippen LogP contribution in [0.4, 0.5) is 3.89 Å². The third-order valence-electron chi connectivity index (χ3n) is 1.56. The molecule has 0 aliphatic heterocycles. The lowest BCUT2D eigenvalue weighted by Crippen LogP contribution is -2.04. The second-order valence-electron chi connectivity index (χ2n) is 2.70. The van der Waals surface area contributed by atoms with Crippen LogP contribution in [-0.2, 0) is 15.0 Å². The van der Waals surface area contributed by atoms with E-state index in [9.17, 15) is 12.3 Å². The lowest BCUT2D eigenvalue weighted by molar-refractivity contribution is 0.0490. The first-order valence-electron chi connectivity index (χ1n) is 3.91. The van der Waals surface area contributed by atoms with Gasteiger partial charge in [0.25, 0.3) is 0 Å². The van der Waals surface area contributed by atoms with Crippen molar-refractivity contribution in [1.82, 2.24) is 0 Å². The maximum absolute atomic E-state index is 12.9. The lowest BCUT2D eigenvalue weighted by Gasteiger charge is -2.10. The fraction of sp³-hybridized carbons (Fsp3) is 0.250. The normalized spacial score (nSPS) is 11.5. The Morgan fingerprint density at radius 2 is 2.00 bits per heavy atom. The zero-order valence-corrected chi connectivity index (χ0v) is 10.4. The van der Waals surface area contributed by atoms with Gasteiger partial charge in [0.1, 0.15) is 4.90 Å². The highest BCUT2D eigenvalue weighted by Crippen LogP contribution is 2.36. The Morgan fingerprint density at radius 1 is 1.38 bits per heavy atom. The molecule has 0 radical (unpaired) electrons. The predicted octanol–water partition coefficient (Wildman–Crippen LogP) is 2.63. The van der Waals surface area contributed by atoms with Crippen molar-refractivity contribution in [2.45, 2.75) is 4.90 Å². The van der Waals surface area contributed by atoms with Crippen LogP contribution in [0.3, 0.4) is 0 Å². The van der Waals surface area contributed by atoms with Crippen molar-refractivity contribution in [3.05, 3.63) is 22.2 Å². The van der Waals surface area contributed by atoms with Crippen molar-refractivity contribution in [2.75, 3.05) is 13.9 Å². The first-order chi connectivity index (χ1) is 7.36. The molecule has 0 saturated carbocycles. The molecule has 0 bridgehead atoms. The van der Waals surface area contributed by atoms with E-state index in [4.69, 9.17) is 27.9 Å². The van der Waals surface area contributed by atoms with E-state index in [-0.39, 0.29) is 22.6 Å². The van der Waals surface area contributed by atoms with Gasteiger partial charge >= 0.3 is 10.2 Å². The molecule has 4 nitrogen and oxygen atoms in total. The number of hydrogen-bond acceptors (Lipinski definition) is 4. The van der Waals surface area contributed by atoms with E-state index in [1.165, 1.54) is 13.2 Å². The van der Waals surface area contributed by atoms with Gasteiger partial charge in [-0.15, -0.1) is 3.89 Å². The molecule has 0 N–H and O–H groups in total.